The Balaban J connectivity index is 1.83. The van der Waals surface area contributed by atoms with Crippen molar-refractivity contribution in [3.8, 4) is 0 Å². The van der Waals surface area contributed by atoms with Crippen LogP contribution in [0.4, 0.5) is 5.69 Å². The molecule has 1 heterocycles. The number of hydrogen-bond donors (Lipinski definition) is 2. The van der Waals surface area contributed by atoms with Gasteiger partial charge >= 0.3 is 0 Å². The van der Waals surface area contributed by atoms with Gasteiger partial charge in [0.25, 0.3) is 0 Å². The van der Waals surface area contributed by atoms with E-state index in [4.69, 9.17) is 5.11 Å². The molecule has 0 saturated heterocycles. The van der Waals surface area contributed by atoms with Crippen LogP contribution in [0, 0.1) is 5.92 Å². The monoisotopic (exact) mass is 256 g/mol. The SMILES string of the molecule is OC1CC(CNc2ccncc2Br)C1. The lowest BCUT2D eigenvalue weighted by molar-refractivity contribution is 0.0487. The molecule has 1 aromatic rings. The van der Waals surface area contributed by atoms with Gasteiger partial charge in [0.1, 0.15) is 0 Å². The summed E-state index contributed by atoms with van der Waals surface area (Å²) in [4.78, 5) is 3.99. The molecular formula is C10H13BrN2O. The number of aliphatic hydroxyl groups excluding tert-OH is 1. The normalized spacial score (nSPS) is 25.6. The van der Waals surface area contributed by atoms with E-state index in [1.807, 2.05) is 6.07 Å². The van der Waals surface area contributed by atoms with E-state index in [0.29, 0.717) is 5.92 Å². The Hall–Kier alpha value is -0.610. The van der Waals surface area contributed by atoms with Crippen molar-refractivity contribution in [1.29, 1.82) is 0 Å². The molecule has 0 spiro atoms. The molecule has 76 valence electrons. The molecule has 1 saturated carbocycles. The largest absolute Gasteiger partial charge is 0.393 e. The van der Waals surface area contributed by atoms with E-state index in [1.54, 1.807) is 12.4 Å². The van der Waals surface area contributed by atoms with Crippen molar-refractivity contribution in [2.45, 2.75) is 18.9 Å². The van der Waals surface area contributed by atoms with Gasteiger partial charge in [-0.05, 0) is 40.8 Å². The minimum Gasteiger partial charge on any atom is -0.393 e. The molecule has 4 heteroatoms. The third-order valence-corrected chi connectivity index (χ3v) is 3.20. The van der Waals surface area contributed by atoms with E-state index in [2.05, 4.69) is 26.2 Å². The minimum absolute atomic E-state index is 0.0670. The number of nitrogens with zero attached hydrogens (tertiary/aromatic N) is 1. The molecular weight excluding hydrogens is 244 g/mol. The Kier molecular flexibility index (Phi) is 3.03. The summed E-state index contributed by atoms with van der Waals surface area (Å²) < 4.78 is 0.986. The Bertz CT molecular complexity index is 313. The van der Waals surface area contributed by atoms with Gasteiger partial charge < -0.3 is 10.4 Å². The Morgan fingerprint density at radius 1 is 1.57 bits per heavy atom. The summed E-state index contributed by atoms with van der Waals surface area (Å²) in [5, 5.41) is 12.5. The first kappa shape index (κ1) is 9.93. The number of hydrogen-bond acceptors (Lipinski definition) is 3. The summed E-state index contributed by atoms with van der Waals surface area (Å²) in [5.74, 6) is 0.616. The molecule has 14 heavy (non-hydrogen) atoms. The minimum atomic E-state index is -0.0670. The molecule has 0 bridgehead atoms. The maximum absolute atomic E-state index is 9.12. The molecule has 0 atom stereocenters. The maximum atomic E-state index is 9.12. The third kappa shape index (κ3) is 2.25. The molecule has 1 aromatic heterocycles. The highest BCUT2D eigenvalue weighted by molar-refractivity contribution is 9.10. The first-order chi connectivity index (χ1) is 6.75. The fourth-order valence-electron chi connectivity index (χ4n) is 1.64. The number of anilines is 1. The molecule has 1 aliphatic carbocycles. The zero-order valence-electron chi connectivity index (χ0n) is 7.78. The number of aromatic nitrogens is 1. The van der Waals surface area contributed by atoms with Gasteiger partial charge in [0.15, 0.2) is 0 Å². The lowest BCUT2D eigenvalue weighted by Gasteiger charge is -2.31. The fraction of sp³-hybridized carbons (Fsp3) is 0.500. The van der Waals surface area contributed by atoms with Gasteiger partial charge in [0, 0.05) is 18.9 Å². The van der Waals surface area contributed by atoms with Crippen molar-refractivity contribution in [1.82, 2.24) is 4.98 Å². The van der Waals surface area contributed by atoms with Crippen molar-refractivity contribution in [2.75, 3.05) is 11.9 Å². The zero-order chi connectivity index (χ0) is 9.97. The van der Waals surface area contributed by atoms with E-state index in [-0.39, 0.29) is 6.10 Å². The van der Waals surface area contributed by atoms with Crippen molar-refractivity contribution in [3.63, 3.8) is 0 Å². The van der Waals surface area contributed by atoms with Crippen LogP contribution in [0.2, 0.25) is 0 Å². The van der Waals surface area contributed by atoms with Crippen LogP contribution in [0.25, 0.3) is 0 Å². The second kappa shape index (κ2) is 4.28. The number of nitrogens with one attached hydrogen (secondary N) is 1. The van der Waals surface area contributed by atoms with E-state index < -0.39 is 0 Å². The van der Waals surface area contributed by atoms with Crippen LogP contribution in [0.3, 0.4) is 0 Å². The summed E-state index contributed by atoms with van der Waals surface area (Å²) in [6, 6.07) is 1.94. The Labute approximate surface area is 91.7 Å². The summed E-state index contributed by atoms with van der Waals surface area (Å²) in [7, 11) is 0. The van der Waals surface area contributed by atoms with E-state index in [9.17, 15) is 0 Å². The number of aliphatic hydroxyl groups is 1. The summed E-state index contributed by atoms with van der Waals surface area (Å²) >= 11 is 3.42. The second-order valence-corrected chi connectivity index (χ2v) is 4.58. The fourth-order valence-corrected chi connectivity index (χ4v) is 2.03. The maximum Gasteiger partial charge on any atom is 0.0590 e. The molecule has 0 unspecified atom stereocenters. The van der Waals surface area contributed by atoms with Crippen LogP contribution >= 0.6 is 15.9 Å². The van der Waals surface area contributed by atoms with Gasteiger partial charge in [-0.3, -0.25) is 4.98 Å². The summed E-state index contributed by atoms with van der Waals surface area (Å²) in [5.41, 5.74) is 1.07. The van der Waals surface area contributed by atoms with Gasteiger partial charge in [-0.25, -0.2) is 0 Å². The molecule has 1 aliphatic rings. The lowest BCUT2D eigenvalue weighted by atomic mass is 9.82. The van der Waals surface area contributed by atoms with Crippen molar-refractivity contribution in [3.05, 3.63) is 22.9 Å². The molecule has 1 fully saturated rings. The summed E-state index contributed by atoms with van der Waals surface area (Å²) in [6.07, 6.45) is 5.33. The van der Waals surface area contributed by atoms with E-state index in [0.717, 1.165) is 29.5 Å². The number of pyridine rings is 1. The van der Waals surface area contributed by atoms with Crippen LogP contribution in [0.1, 0.15) is 12.8 Å². The number of rotatable bonds is 3. The van der Waals surface area contributed by atoms with Gasteiger partial charge in [0.05, 0.1) is 16.3 Å². The Morgan fingerprint density at radius 3 is 3.00 bits per heavy atom. The van der Waals surface area contributed by atoms with Crippen LogP contribution in [-0.4, -0.2) is 22.7 Å². The van der Waals surface area contributed by atoms with Crippen LogP contribution in [0.5, 0.6) is 0 Å². The number of halogens is 1. The van der Waals surface area contributed by atoms with Gasteiger partial charge in [-0.15, -0.1) is 0 Å². The van der Waals surface area contributed by atoms with E-state index >= 15 is 0 Å². The van der Waals surface area contributed by atoms with Crippen LogP contribution in [-0.2, 0) is 0 Å². The molecule has 2 N–H and O–H groups in total. The zero-order valence-corrected chi connectivity index (χ0v) is 9.37. The quantitative estimate of drug-likeness (QED) is 0.870. The Morgan fingerprint density at radius 2 is 2.36 bits per heavy atom. The van der Waals surface area contributed by atoms with Crippen molar-refractivity contribution < 1.29 is 5.11 Å². The highest BCUT2D eigenvalue weighted by Gasteiger charge is 2.26. The van der Waals surface area contributed by atoms with Gasteiger partial charge in [-0.2, -0.15) is 0 Å². The van der Waals surface area contributed by atoms with Crippen LogP contribution in [0.15, 0.2) is 22.9 Å². The highest BCUT2D eigenvalue weighted by atomic mass is 79.9. The first-order valence-corrected chi connectivity index (χ1v) is 5.56. The van der Waals surface area contributed by atoms with E-state index in [1.165, 1.54) is 0 Å². The summed E-state index contributed by atoms with van der Waals surface area (Å²) in [6.45, 7) is 0.930. The predicted molar refractivity (Wildman–Crippen MR) is 59.2 cm³/mol. The van der Waals surface area contributed by atoms with Crippen LogP contribution < -0.4 is 5.32 Å². The molecule has 0 amide bonds. The topological polar surface area (TPSA) is 45.1 Å². The average molecular weight is 257 g/mol. The third-order valence-electron chi connectivity index (χ3n) is 2.56. The smallest absolute Gasteiger partial charge is 0.0590 e. The molecule has 0 radical (unpaired) electrons. The predicted octanol–water partition coefficient (Wildman–Crippen LogP) is 2.03. The van der Waals surface area contributed by atoms with Gasteiger partial charge in [0.2, 0.25) is 0 Å². The standard InChI is InChI=1S/C10H13BrN2O/c11-9-6-12-2-1-10(9)13-5-7-3-8(14)4-7/h1-2,6-8,14H,3-5H2,(H,12,13). The second-order valence-electron chi connectivity index (χ2n) is 3.73. The lowest BCUT2D eigenvalue weighted by Crippen LogP contribution is -2.33. The highest BCUT2D eigenvalue weighted by Crippen LogP contribution is 2.28. The molecule has 0 aromatic carbocycles. The molecule has 0 aliphatic heterocycles. The average Bonchev–Trinajstić information content (AvgIpc) is 2.13. The first-order valence-electron chi connectivity index (χ1n) is 4.77. The van der Waals surface area contributed by atoms with Crippen molar-refractivity contribution >= 4 is 21.6 Å². The molecule has 2 rings (SSSR count). The molecule has 3 nitrogen and oxygen atoms in total. The van der Waals surface area contributed by atoms with Gasteiger partial charge in [-0.1, -0.05) is 0 Å². The van der Waals surface area contributed by atoms with Crippen molar-refractivity contribution in [2.24, 2.45) is 5.92 Å².